The summed E-state index contributed by atoms with van der Waals surface area (Å²) in [4.78, 5) is 0. The van der Waals surface area contributed by atoms with Crippen molar-refractivity contribution in [2.75, 3.05) is 0 Å². The lowest BCUT2D eigenvalue weighted by Gasteiger charge is -2.25. The molecule has 1 fully saturated rings. The van der Waals surface area contributed by atoms with E-state index in [9.17, 15) is 0 Å². The first-order valence-corrected chi connectivity index (χ1v) is 7.84. The van der Waals surface area contributed by atoms with Crippen molar-refractivity contribution >= 4 is 12.6 Å². The number of rotatable bonds is 4. The first-order valence-electron chi connectivity index (χ1n) is 7.39. The Morgan fingerprint density at radius 2 is 1.65 bits per heavy atom. The molecule has 1 aliphatic rings. The molecule has 1 aliphatic carbocycles. The Morgan fingerprint density at radius 1 is 1.12 bits per heavy atom. The Hall–Kier alpha value is 0.0900. The lowest BCUT2D eigenvalue weighted by atomic mass is 9.89. The summed E-state index contributed by atoms with van der Waals surface area (Å²) in [5.41, 5.74) is 0. The Labute approximate surface area is 114 Å². The lowest BCUT2D eigenvalue weighted by molar-refractivity contribution is 0.430. The molecule has 0 aliphatic heterocycles. The predicted molar refractivity (Wildman–Crippen MR) is 81.8 cm³/mol. The van der Waals surface area contributed by atoms with Gasteiger partial charge in [-0.1, -0.05) is 65.0 Å². The van der Waals surface area contributed by atoms with Crippen molar-refractivity contribution in [1.29, 1.82) is 0 Å². The average molecular weight is 254 g/mol. The summed E-state index contributed by atoms with van der Waals surface area (Å²) < 4.78 is 0.144. The molecule has 0 radical (unpaired) electrons. The summed E-state index contributed by atoms with van der Waals surface area (Å²) in [6.45, 7) is 6.73. The van der Waals surface area contributed by atoms with Crippen LogP contribution in [0.1, 0.15) is 72.1 Å². The summed E-state index contributed by atoms with van der Waals surface area (Å²) in [5, 5.41) is 0. The zero-order valence-electron chi connectivity index (χ0n) is 11.9. The Bertz CT molecular complexity index is 216. The van der Waals surface area contributed by atoms with E-state index < -0.39 is 0 Å². The van der Waals surface area contributed by atoms with Crippen LogP contribution in [-0.4, -0.2) is 4.75 Å². The van der Waals surface area contributed by atoms with E-state index in [0.29, 0.717) is 5.92 Å². The SMILES string of the molecule is CC(C/C=C\C1CCCCCCC1)C(C)(C)S. The molecule has 17 heavy (non-hydrogen) atoms. The van der Waals surface area contributed by atoms with Gasteiger partial charge in [-0.25, -0.2) is 0 Å². The van der Waals surface area contributed by atoms with E-state index in [2.05, 4.69) is 45.6 Å². The second-order valence-corrected chi connectivity index (χ2v) is 7.48. The van der Waals surface area contributed by atoms with E-state index in [0.717, 1.165) is 5.92 Å². The van der Waals surface area contributed by atoms with Gasteiger partial charge in [0.2, 0.25) is 0 Å². The minimum Gasteiger partial charge on any atom is -0.173 e. The highest BCUT2D eigenvalue weighted by Crippen LogP contribution is 2.28. The van der Waals surface area contributed by atoms with Gasteiger partial charge in [-0.15, -0.1) is 0 Å². The fourth-order valence-corrected chi connectivity index (χ4v) is 2.55. The van der Waals surface area contributed by atoms with Gasteiger partial charge >= 0.3 is 0 Å². The second kappa shape index (κ2) is 7.51. The van der Waals surface area contributed by atoms with E-state index in [1.807, 2.05) is 0 Å². The quantitative estimate of drug-likeness (QED) is 0.487. The molecule has 0 heterocycles. The van der Waals surface area contributed by atoms with Gasteiger partial charge < -0.3 is 0 Å². The Balaban J connectivity index is 2.31. The molecule has 0 N–H and O–H groups in total. The van der Waals surface area contributed by atoms with Crippen LogP contribution in [0, 0.1) is 11.8 Å². The zero-order chi connectivity index (χ0) is 12.7. The van der Waals surface area contributed by atoms with Crippen LogP contribution in [0.4, 0.5) is 0 Å². The third kappa shape index (κ3) is 6.55. The van der Waals surface area contributed by atoms with Gasteiger partial charge in [0.05, 0.1) is 0 Å². The van der Waals surface area contributed by atoms with Crippen molar-refractivity contribution < 1.29 is 0 Å². The van der Waals surface area contributed by atoms with Crippen molar-refractivity contribution in [3.63, 3.8) is 0 Å². The molecule has 1 saturated carbocycles. The highest BCUT2D eigenvalue weighted by Gasteiger charge is 2.19. The third-order valence-electron chi connectivity index (χ3n) is 4.25. The van der Waals surface area contributed by atoms with Crippen molar-refractivity contribution in [1.82, 2.24) is 0 Å². The second-order valence-electron chi connectivity index (χ2n) is 6.32. The van der Waals surface area contributed by atoms with E-state index in [4.69, 9.17) is 0 Å². The first kappa shape index (κ1) is 15.1. The fourth-order valence-electron chi connectivity index (χ4n) is 2.44. The van der Waals surface area contributed by atoms with Crippen LogP contribution in [-0.2, 0) is 0 Å². The largest absolute Gasteiger partial charge is 0.173 e. The van der Waals surface area contributed by atoms with Crippen molar-refractivity contribution in [3.05, 3.63) is 12.2 Å². The van der Waals surface area contributed by atoms with Gasteiger partial charge in [-0.05, 0) is 31.1 Å². The molecule has 0 bridgehead atoms. The summed E-state index contributed by atoms with van der Waals surface area (Å²) >= 11 is 4.65. The summed E-state index contributed by atoms with van der Waals surface area (Å²) in [7, 11) is 0. The zero-order valence-corrected chi connectivity index (χ0v) is 12.8. The highest BCUT2D eigenvalue weighted by molar-refractivity contribution is 7.81. The van der Waals surface area contributed by atoms with E-state index in [1.165, 1.54) is 51.4 Å². The molecule has 0 spiro atoms. The molecule has 0 aromatic carbocycles. The minimum atomic E-state index is 0.144. The molecule has 0 aromatic heterocycles. The van der Waals surface area contributed by atoms with E-state index in [1.54, 1.807) is 0 Å². The van der Waals surface area contributed by atoms with Gasteiger partial charge in [0, 0.05) is 4.75 Å². The lowest BCUT2D eigenvalue weighted by Crippen LogP contribution is -2.21. The van der Waals surface area contributed by atoms with Crippen LogP contribution in [0.25, 0.3) is 0 Å². The maximum absolute atomic E-state index is 4.65. The van der Waals surface area contributed by atoms with Crippen LogP contribution in [0.2, 0.25) is 0 Å². The normalized spacial score (nSPS) is 22.4. The molecule has 1 atom stereocenters. The molecule has 1 rings (SSSR count). The van der Waals surface area contributed by atoms with Crippen LogP contribution < -0.4 is 0 Å². The van der Waals surface area contributed by atoms with E-state index in [-0.39, 0.29) is 4.75 Å². The van der Waals surface area contributed by atoms with Gasteiger partial charge in [0.1, 0.15) is 0 Å². The van der Waals surface area contributed by atoms with Crippen LogP contribution >= 0.6 is 12.6 Å². The molecule has 1 unspecified atom stereocenters. The maximum Gasteiger partial charge on any atom is 0.0102 e. The van der Waals surface area contributed by atoms with Gasteiger partial charge in [0.25, 0.3) is 0 Å². The molecule has 100 valence electrons. The summed E-state index contributed by atoms with van der Waals surface area (Å²) in [6, 6.07) is 0. The van der Waals surface area contributed by atoms with E-state index >= 15 is 0 Å². The molecule has 0 amide bonds. The third-order valence-corrected chi connectivity index (χ3v) is 4.69. The Kier molecular flexibility index (Phi) is 6.69. The topological polar surface area (TPSA) is 0 Å². The number of thiol groups is 1. The van der Waals surface area contributed by atoms with Gasteiger partial charge in [-0.2, -0.15) is 12.6 Å². The predicted octanol–water partition coefficient (Wildman–Crippen LogP) is 5.64. The van der Waals surface area contributed by atoms with Crippen LogP contribution in [0.15, 0.2) is 12.2 Å². The molecular formula is C16H30S. The molecule has 1 heteroatoms. The first-order chi connectivity index (χ1) is 8.00. The smallest absolute Gasteiger partial charge is 0.0102 e. The average Bonchev–Trinajstić information content (AvgIpc) is 2.19. The fraction of sp³-hybridized carbons (Fsp3) is 0.875. The van der Waals surface area contributed by atoms with Crippen molar-refractivity contribution in [2.45, 2.75) is 76.9 Å². The number of hydrogen-bond acceptors (Lipinski definition) is 1. The van der Waals surface area contributed by atoms with Gasteiger partial charge in [0.15, 0.2) is 0 Å². The minimum absolute atomic E-state index is 0.144. The molecule has 0 saturated heterocycles. The van der Waals surface area contributed by atoms with Crippen LogP contribution in [0.3, 0.4) is 0 Å². The molecule has 0 nitrogen and oxygen atoms in total. The van der Waals surface area contributed by atoms with Crippen molar-refractivity contribution in [2.24, 2.45) is 11.8 Å². The maximum atomic E-state index is 4.65. The molecule has 0 aromatic rings. The standard InChI is InChI=1S/C16H30S/c1-14(16(2,3)17)10-9-13-15-11-7-5-4-6-8-12-15/h9,13-15,17H,4-8,10-12H2,1-3H3/b13-9-. The van der Waals surface area contributed by atoms with Gasteiger partial charge in [-0.3, -0.25) is 0 Å². The summed E-state index contributed by atoms with van der Waals surface area (Å²) in [5.74, 6) is 1.50. The van der Waals surface area contributed by atoms with Crippen LogP contribution in [0.5, 0.6) is 0 Å². The van der Waals surface area contributed by atoms with Crippen molar-refractivity contribution in [3.8, 4) is 0 Å². The summed E-state index contributed by atoms with van der Waals surface area (Å²) in [6.07, 6.45) is 16.1. The highest BCUT2D eigenvalue weighted by atomic mass is 32.1. The Morgan fingerprint density at radius 3 is 2.18 bits per heavy atom. The monoisotopic (exact) mass is 254 g/mol. The molecular weight excluding hydrogens is 224 g/mol. The number of hydrogen-bond donors (Lipinski definition) is 1. The number of allylic oxidation sites excluding steroid dienone is 2.